The predicted molar refractivity (Wildman–Crippen MR) is 91.3 cm³/mol. The van der Waals surface area contributed by atoms with E-state index in [2.05, 4.69) is 14.5 Å². The summed E-state index contributed by atoms with van der Waals surface area (Å²) in [5.41, 5.74) is 1.55. The standard InChI is InChI=1S/C18H20N4O2/c1-24-15-5-4-13-9-17(20-16(13)10-15)18(23)21-7-2-3-14(11-21)22-8-6-19-12-22/h4-6,8-10,12,14,20H,2-3,7,11H2,1H3/t14-/m1/s1. The smallest absolute Gasteiger partial charge is 0.270 e. The quantitative estimate of drug-likeness (QED) is 0.806. The van der Waals surface area contributed by atoms with Gasteiger partial charge in [0.2, 0.25) is 0 Å². The number of nitrogens with zero attached hydrogens (tertiary/aromatic N) is 3. The zero-order valence-corrected chi connectivity index (χ0v) is 13.6. The number of H-pyrrole nitrogens is 1. The van der Waals surface area contributed by atoms with E-state index in [1.54, 1.807) is 13.3 Å². The molecular weight excluding hydrogens is 304 g/mol. The lowest BCUT2D eigenvalue weighted by Gasteiger charge is -2.33. The molecule has 6 nitrogen and oxygen atoms in total. The fourth-order valence-corrected chi connectivity index (χ4v) is 3.39. The summed E-state index contributed by atoms with van der Waals surface area (Å²) in [5, 5.41) is 1.02. The van der Waals surface area contributed by atoms with E-state index in [1.165, 1.54) is 0 Å². The van der Waals surface area contributed by atoms with Gasteiger partial charge in [-0.1, -0.05) is 0 Å². The van der Waals surface area contributed by atoms with Crippen molar-refractivity contribution in [3.8, 4) is 5.75 Å². The molecule has 0 radical (unpaired) electrons. The van der Waals surface area contributed by atoms with E-state index in [0.717, 1.165) is 36.0 Å². The van der Waals surface area contributed by atoms with Gasteiger partial charge >= 0.3 is 0 Å². The molecule has 0 saturated carbocycles. The molecule has 1 amide bonds. The summed E-state index contributed by atoms with van der Waals surface area (Å²) < 4.78 is 7.33. The van der Waals surface area contributed by atoms with Gasteiger partial charge in [0.1, 0.15) is 11.4 Å². The van der Waals surface area contributed by atoms with E-state index < -0.39 is 0 Å². The Bertz CT molecular complexity index is 853. The minimum absolute atomic E-state index is 0.0509. The van der Waals surface area contributed by atoms with E-state index in [-0.39, 0.29) is 5.91 Å². The monoisotopic (exact) mass is 324 g/mol. The molecule has 1 aromatic carbocycles. The SMILES string of the molecule is COc1ccc2cc(C(=O)N3CCC[C@@H](n4ccnc4)C3)[nH]c2c1. The van der Waals surface area contributed by atoms with E-state index in [1.807, 2.05) is 41.7 Å². The Morgan fingerprint density at radius 2 is 2.29 bits per heavy atom. The molecular formula is C18H20N4O2. The number of carbonyl (C=O) groups excluding carboxylic acids is 1. The number of amides is 1. The van der Waals surface area contributed by atoms with Crippen molar-refractivity contribution in [2.45, 2.75) is 18.9 Å². The van der Waals surface area contributed by atoms with Crippen LogP contribution in [0.3, 0.4) is 0 Å². The average Bonchev–Trinajstić information content (AvgIpc) is 3.30. The van der Waals surface area contributed by atoms with Crippen LogP contribution in [0.2, 0.25) is 0 Å². The Morgan fingerprint density at radius 1 is 1.38 bits per heavy atom. The maximum atomic E-state index is 12.9. The number of rotatable bonds is 3. The number of aromatic nitrogens is 3. The first-order valence-electron chi connectivity index (χ1n) is 8.18. The molecule has 3 aromatic rings. The van der Waals surface area contributed by atoms with Gasteiger partial charge in [0.15, 0.2) is 0 Å². The van der Waals surface area contributed by atoms with Gasteiger partial charge in [-0.2, -0.15) is 0 Å². The summed E-state index contributed by atoms with van der Waals surface area (Å²) in [5.74, 6) is 0.830. The van der Waals surface area contributed by atoms with Crippen LogP contribution < -0.4 is 4.74 Å². The number of imidazole rings is 1. The molecule has 2 aromatic heterocycles. The molecule has 0 aliphatic carbocycles. The van der Waals surface area contributed by atoms with Crippen molar-refractivity contribution in [3.05, 3.63) is 48.7 Å². The van der Waals surface area contributed by atoms with Crippen molar-refractivity contribution in [1.82, 2.24) is 19.4 Å². The Morgan fingerprint density at radius 3 is 3.08 bits per heavy atom. The third-order valence-electron chi connectivity index (χ3n) is 4.69. The summed E-state index contributed by atoms with van der Waals surface area (Å²) in [6.45, 7) is 1.51. The summed E-state index contributed by atoms with van der Waals surface area (Å²) in [6, 6.07) is 8.00. The molecule has 1 aliphatic heterocycles. The summed E-state index contributed by atoms with van der Waals surface area (Å²) in [4.78, 5) is 22.1. The first-order chi connectivity index (χ1) is 11.7. The number of carbonyl (C=O) groups is 1. The molecule has 24 heavy (non-hydrogen) atoms. The molecule has 1 aliphatic rings. The van der Waals surface area contributed by atoms with Gasteiger partial charge in [-0.05, 0) is 31.0 Å². The first kappa shape index (κ1) is 14.8. The number of piperidine rings is 1. The predicted octanol–water partition coefficient (Wildman–Crippen LogP) is 2.85. The van der Waals surface area contributed by atoms with Crippen LogP contribution in [0.25, 0.3) is 10.9 Å². The highest BCUT2D eigenvalue weighted by Crippen LogP contribution is 2.25. The number of likely N-dealkylation sites (tertiary alicyclic amines) is 1. The van der Waals surface area contributed by atoms with Crippen LogP contribution in [-0.2, 0) is 0 Å². The van der Waals surface area contributed by atoms with Crippen molar-refractivity contribution < 1.29 is 9.53 Å². The van der Waals surface area contributed by atoms with Crippen LogP contribution in [0, 0.1) is 0 Å². The number of fused-ring (bicyclic) bond motifs is 1. The fraction of sp³-hybridized carbons (Fsp3) is 0.333. The molecule has 6 heteroatoms. The number of benzene rings is 1. The van der Waals surface area contributed by atoms with Crippen LogP contribution in [0.1, 0.15) is 29.4 Å². The van der Waals surface area contributed by atoms with Crippen LogP contribution in [0.4, 0.5) is 0 Å². The molecule has 1 fully saturated rings. The zero-order chi connectivity index (χ0) is 16.5. The van der Waals surface area contributed by atoms with E-state index in [9.17, 15) is 4.79 Å². The number of hydrogen-bond donors (Lipinski definition) is 1. The Labute approximate surface area is 140 Å². The second-order valence-corrected chi connectivity index (χ2v) is 6.19. The average molecular weight is 324 g/mol. The molecule has 0 spiro atoms. The van der Waals surface area contributed by atoms with Crippen molar-refractivity contribution in [2.75, 3.05) is 20.2 Å². The van der Waals surface area contributed by atoms with Crippen LogP contribution in [0.15, 0.2) is 43.0 Å². The minimum atomic E-state index is 0.0509. The van der Waals surface area contributed by atoms with Gasteiger partial charge in [0, 0.05) is 42.5 Å². The molecule has 1 atom stereocenters. The Hall–Kier alpha value is -2.76. The van der Waals surface area contributed by atoms with Gasteiger partial charge in [-0.15, -0.1) is 0 Å². The van der Waals surface area contributed by atoms with Gasteiger partial charge < -0.3 is 19.2 Å². The second kappa shape index (κ2) is 6.03. The number of nitrogens with one attached hydrogen (secondary N) is 1. The molecule has 3 heterocycles. The maximum absolute atomic E-state index is 12.9. The molecule has 1 N–H and O–H groups in total. The van der Waals surface area contributed by atoms with Crippen molar-refractivity contribution in [3.63, 3.8) is 0 Å². The van der Waals surface area contributed by atoms with Crippen LogP contribution >= 0.6 is 0 Å². The largest absolute Gasteiger partial charge is 0.497 e. The number of hydrogen-bond acceptors (Lipinski definition) is 3. The fourth-order valence-electron chi connectivity index (χ4n) is 3.39. The second-order valence-electron chi connectivity index (χ2n) is 6.19. The number of methoxy groups -OCH3 is 1. The third kappa shape index (κ3) is 2.64. The van der Waals surface area contributed by atoms with Gasteiger partial charge in [-0.3, -0.25) is 4.79 Å². The highest BCUT2D eigenvalue weighted by molar-refractivity contribution is 5.98. The maximum Gasteiger partial charge on any atom is 0.270 e. The molecule has 124 valence electrons. The lowest BCUT2D eigenvalue weighted by Crippen LogP contribution is -2.40. The number of ether oxygens (including phenoxy) is 1. The topological polar surface area (TPSA) is 63.1 Å². The molecule has 0 bridgehead atoms. The molecule has 0 unspecified atom stereocenters. The summed E-state index contributed by atoms with van der Waals surface area (Å²) in [7, 11) is 1.64. The molecule has 1 saturated heterocycles. The minimum Gasteiger partial charge on any atom is -0.497 e. The van der Waals surface area contributed by atoms with Gasteiger partial charge in [0.25, 0.3) is 5.91 Å². The number of aromatic amines is 1. The highest BCUT2D eigenvalue weighted by atomic mass is 16.5. The van der Waals surface area contributed by atoms with E-state index in [4.69, 9.17) is 4.74 Å². The van der Waals surface area contributed by atoms with E-state index >= 15 is 0 Å². The summed E-state index contributed by atoms with van der Waals surface area (Å²) >= 11 is 0. The third-order valence-corrected chi connectivity index (χ3v) is 4.69. The van der Waals surface area contributed by atoms with Gasteiger partial charge in [-0.25, -0.2) is 4.98 Å². The first-order valence-corrected chi connectivity index (χ1v) is 8.18. The van der Waals surface area contributed by atoms with Crippen molar-refractivity contribution >= 4 is 16.8 Å². The Balaban J connectivity index is 1.56. The lowest BCUT2D eigenvalue weighted by atomic mass is 10.1. The van der Waals surface area contributed by atoms with Gasteiger partial charge in [0.05, 0.1) is 19.5 Å². The van der Waals surface area contributed by atoms with E-state index in [0.29, 0.717) is 18.3 Å². The normalized spacial score (nSPS) is 18.0. The van der Waals surface area contributed by atoms with Crippen LogP contribution in [0.5, 0.6) is 5.75 Å². The van der Waals surface area contributed by atoms with Crippen molar-refractivity contribution in [1.29, 1.82) is 0 Å². The highest BCUT2D eigenvalue weighted by Gasteiger charge is 2.26. The lowest BCUT2D eigenvalue weighted by molar-refractivity contribution is 0.0674. The van der Waals surface area contributed by atoms with Crippen LogP contribution in [-0.4, -0.2) is 45.5 Å². The van der Waals surface area contributed by atoms with Crippen molar-refractivity contribution in [2.24, 2.45) is 0 Å². The zero-order valence-electron chi connectivity index (χ0n) is 13.6. The Kier molecular flexibility index (Phi) is 3.72. The summed E-state index contributed by atoms with van der Waals surface area (Å²) in [6.07, 6.45) is 7.65. The molecule has 4 rings (SSSR count).